The van der Waals surface area contributed by atoms with Crippen molar-refractivity contribution >= 4 is 11.3 Å². The van der Waals surface area contributed by atoms with E-state index in [0.717, 1.165) is 19.0 Å². The molecule has 1 aliphatic heterocycles. The summed E-state index contributed by atoms with van der Waals surface area (Å²) in [4.78, 5) is 8.84. The van der Waals surface area contributed by atoms with Crippen LogP contribution in [0.1, 0.15) is 55.1 Å². The maximum atomic E-state index is 4.76. The van der Waals surface area contributed by atoms with E-state index in [0.29, 0.717) is 11.6 Å². The maximum absolute atomic E-state index is 4.76. The van der Waals surface area contributed by atoms with Crippen LogP contribution in [0.5, 0.6) is 0 Å². The first-order valence-electron chi connectivity index (χ1n) is 8.44. The van der Waals surface area contributed by atoms with Crippen molar-refractivity contribution in [1.29, 1.82) is 0 Å². The molecule has 2 atom stereocenters. The lowest BCUT2D eigenvalue weighted by Gasteiger charge is -2.46. The summed E-state index contributed by atoms with van der Waals surface area (Å²) in [6, 6.07) is 0.673. The van der Waals surface area contributed by atoms with Gasteiger partial charge in [0.25, 0.3) is 0 Å². The molecule has 2 unspecified atom stereocenters. The molecule has 0 spiro atoms. The molecule has 1 aromatic rings. The van der Waals surface area contributed by atoms with Gasteiger partial charge in [0, 0.05) is 29.5 Å². The van der Waals surface area contributed by atoms with Gasteiger partial charge in [0.1, 0.15) is 5.01 Å². The third-order valence-electron chi connectivity index (χ3n) is 5.30. The van der Waals surface area contributed by atoms with Crippen molar-refractivity contribution < 1.29 is 0 Å². The smallest absolute Gasteiger partial charge is 0.107 e. The average molecular weight is 308 g/mol. The zero-order valence-electron chi connectivity index (χ0n) is 13.9. The van der Waals surface area contributed by atoms with Gasteiger partial charge in [0.2, 0.25) is 0 Å². The van der Waals surface area contributed by atoms with Gasteiger partial charge in [-0.15, -0.1) is 11.3 Å². The van der Waals surface area contributed by atoms with Crippen molar-refractivity contribution in [2.45, 2.75) is 71.5 Å². The van der Waals surface area contributed by atoms with Gasteiger partial charge in [0.05, 0.1) is 12.2 Å². The minimum absolute atomic E-state index is 0.325. The Morgan fingerprint density at radius 3 is 2.71 bits per heavy atom. The normalized spacial score (nSPS) is 30.8. The molecule has 1 N–H and O–H groups in total. The van der Waals surface area contributed by atoms with Crippen LogP contribution < -0.4 is 5.32 Å². The van der Waals surface area contributed by atoms with E-state index in [1.807, 2.05) is 11.3 Å². The zero-order chi connectivity index (χ0) is 15.0. The lowest BCUT2D eigenvalue weighted by Crippen LogP contribution is -2.63. The molecule has 118 valence electrons. The molecule has 3 rings (SSSR count). The van der Waals surface area contributed by atoms with E-state index in [4.69, 9.17) is 4.98 Å². The molecular weight excluding hydrogens is 278 g/mol. The largest absolute Gasteiger partial charge is 0.308 e. The molecule has 4 heteroatoms. The molecule has 21 heavy (non-hydrogen) atoms. The highest BCUT2D eigenvalue weighted by Crippen LogP contribution is 2.41. The quantitative estimate of drug-likeness (QED) is 0.902. The molecule has 0 bridgehead atoms. The van der Waals surface area contributed by atoms with Gasteiger partial charge in [-0.25, -0.2) is 4.98 Å². The Morgan fingerprint density at radius 1 is 1.38 bits per heavy atom. The molecule has 2 heterocycles. The van der Waals surface area contributed by atoms with Crippen LogP contribution >= 0.6 is 11.3 Å². The summed E-state index contributed by atoms with van der Waals surface area (Å²) in [5.74, 6) is 0.891. The van der Waals surface area contributed by atoms with E-state index in [-0.39, 0.29) is 0 Å². The van der Waals surface area contributed by atoms with Crippen molar-refractivity contribution in [3.8, 4) is 0 Å². The molecule has 0 amide bonds. The van der Waals surface area contributed by atoms with Crippen LogP contribution in [-0.4, -0.2) is 34.6 Å². The minimum Gasteiger partial charge on any atom is -0.308 e. The Balaban J connectivity index is 1.73. The maximum Gasteiger partial charge on any atom is 0.107 e. The Bertz CT molecular complexity index is 475. The summed E-state index contributed by atoms with van der Waals surface area (Å²) < 4.78 is 0. The molecule has 1 aliphatic carbocycles. The van der Waals surface area contributed by atoms with E-state index in [9.17, 15) is 0 Å². The number of aryl methyl sites for hydroxylation is 2. The summed E-state index contributed by atoms with van der Waals surface area (Å²) in [5, 5.41) is 5.16. The highest BCUT2D eigenvalue weighted by Gasteiger charge is 2.45. The summed E-state index contributed by atoms with van der Waals surface area (Å²) in [7, 11) is 0. The summed E-state index contributed by atoms with van der Waals surface area (Å²) in [6.45, 7) is 12.4. The van der Waals surface area contributed by atoms with Crippen LogP contribution in [0, 0.1) is 19.8 Å². The topological polar surface area (TPSA) is 28.2 Å². The molecule has 0 aromatic carbocycles. The van der Waals surface area contributed by atoms with Gasteiger partial charge in [0.15, 0.2) is 0 Å². The lowest BCUT2D eigenvalue weighted by atomic mass is 9.90. The molecule has 0 radical (unpaired) electrons. The van der Waals surface area contributed by atoms with Gasteiger partial charge in [-0.2, -0.15) is 0 Å². The fourth-order valence-corrected chi connectivity index (χ4v) is 4.62. The first-order chi connectivity index (χ1) is 10.0. The number of nitrogens with one attached hydrogen (secondary N) is 1. The molecule has 1 saturated heterocycles. The van der Waals surface area contributed by atoms with Crippen LogP contribution in [0.2, 0.25) is 0 Å². The predicted molar refractivity (Wildman–Crippen MR) is 89.8 cm³/mol. The van der Waals surface area contributed by atoms with Crippen LogP contribution in [0.3, 0.4) is 0 Å². The van der Waals surface area contributed by atoms with Crippen molar-refractivity contribution in [3.63, 3.8) is 0 Å². The van der Waals surface area contributed by atoms with Gasteiger partial charge >= 0.3 is 0 Å². The van der Waals surface area contributed by atoms with Crippen LogP contribution in [0.15, 0.2) is 0 Å². The lowest BCUT2D eigenvalue weighted by molar-refractivity contribution is 0.0638. The third kappa shape index (κ3) is 3.33. The number of nitrogens with zero attached hydrogens (tertiary/aromatic N) is 2. The number of aromatic nitrogens is 1. The SMILES string of the molecule is CCCC1CNC(C)(C2CC2)CN1Cc1nc(C)c(C)s1. The van der Waals surface area contributed by atoms with E-state index >= 15 is 0 Å². The molecular formula is C17H29N3S. The molecule has 3 nitrogen and oxygen atoms in total. The first kappa shape index (κ1) is 15.4. The monoisotopic (exact) mass is 307 g/mol. The Labute approximate surface area is 133 Å². The van der Waals surface area contributed by atoms with Crippen LogP contribution in [0.4, 0.5) is 0 Å². The number of piperazine rings is 1. The van der Waals surface area contributed by atoms with E-state index in [2.05, 4.69) is 37.9 Å². The predicted octanol–water partition coefficient (Wildman–Crippen LogP) is 3.50. The van der Waals surface area contributed by atoms with Gasteiger partial charge < -0.3 is 5.32 Å². The van der Waals surface area contributed by atoms with Crippen molar-refractivity contribution in [3.05, 3.63) is 15.6 Å². The molecule has 1 aromatic heterocycles. The van der Waals surface area contributed by atoms with Crippen molar-refractivity contribution in [1.82, 2.24) is 15.2 Å². The Kier molecular flexibility index (Phi) is 4.40. The summed E-state index contributed by atoms with van der Waals surface area (Å²) >= 11 is 1.88. The number of rotatable bonds is 5. The third-order valence-corrected chi connectivity index (χ3v) is 6.36. The van der Waals surface area contributed by atoms with Gasteiger partial charge in [-0.1, -0.05) is 13.3 Å². The summed E-state index contributed by atoms with van der Waals surface area (Å²) in [6.07, 6.45) is 5.37. The van der Waals surface area contributed by atoms with Crippen LogP contribution in [-0.2, 0) is 6.54 Å². The standard InChI is InChI=1S/C17H29N3S/c1-5-6-15-9-18-17(4,14-7-8-14)11-20(15)10-16-19-12(2)13(3)21-16/h14-15,18H,5-11H2,1-4H3. The summed E-state index contributed by atoms with van der Waals surface area (Å²) in [5.41, 5.74) is 1.54. The number of thiazole rings is 1. The first-order valence-corrected chi connectivity index (χ1v) is 9.25. The number of hydrogen-bond acceptors (Lipinski definition) is 4. The molecule has 2 fully saturated rings. The fraction of sp³-hybridized carbons (Fsp3) is 0.824. The highest BCUT2D eigenvalue weighted by molar-refractivity contribution is 7.11. The molecule has 1 saturated carbocycles. The Hall–Kier alpha value is -0.450. The second-order valence-corrected chi connectivity index (χ2v) is 8.46. The number of hydrogen-bond donors (Lipinski definition) is 1. The fourth-order valence-electron chi connectivity index (χ4n) is 3.66. The zero-order valence-corrected chi connectivity index (χ0v) is 14.7. The average Bonchev–Trinajstić information content (AvgIpc) is 3.22. The molecule has 2 aliphatic rings. The van der Waals surface area contributed by atoms with Crippen molar-refractivity contribution in [2.75, 3.05) is 13.1 Å². The van der Waals surface area contributed by atoms with Gasteiger partial charge in [-0.3, -0.25) is 4.90 Å². The van der Waals surface area contributed by atoms with Crippen LogP contribution in [0.25, 0.3) is 0 Å². The highest BCUT2D eigenvalue weighted by atomic mass is 32.1. The minimum atomic E-state index is 0.325. The Morgan fingerprint density at radius 2 is 2.14 bits per heavy atom. The second-order valence-electron chi connectivity index (χ2n) is 7.17. The van der Waals surface area contributed by atoms with Gasteiger partial charge in [-0.05, 0) is 46.0 Å². The second kappa shape index (κ2) is 5.98. The van der Waals surface area contributed by atoms with E-state index < -0.39 is 0 Å². The van der Waals surface area contributed by atoms with Crippen molar-refractivity contribution in [2.24, 2.45) is 5.92 Å². The van der Waals surface area contributed by atoms with E-state index in [1.165, 1.54) is 47.8 Å². The van der Waals surface area contributed by atoms with E-state index in [1.54, 1.807) is 0 Å².